The van der Waals surface area contributed by atoms with E-state index in [1.54, 1.807) is 0 Å². The van der Waals surface area contributed by atoms with Crippen molar-refractivity contribution < 1.29 is 4.74 Å². The maximum Gasteiger partial charge on any atom is 0.0599 e. The molecule has 0 rings (SSSR count). The van der Waals surface area contributed by atoms with Crippen LogP contribution in [0.25, 0.3) is 0 Å². The van der Waals surface area contributed by atoms with E-state index < -0.39 is 0 Å². The van der Waals surface area contributed by atoms with Gasteiger partial charge in [0.1, 0.15) is 0 Å². The Labute approximate surface area is 82.1 Å². The molecule has 0 heterocycles. The first kappa shape index (κ1) is 12.5. The van der Waals surface area contributed by atoms with Crippen molar-refractivity contribution in [1.82, 2.24) is 5.32 Å². The first-order valence-electron chi connectivity index (χ1n) is 4.76. The molecule has 2 heteroatoms. The van der Waals surface area contributed by atoms with Gasteiger partial charge in [-0.05, 0) is 27.7 Å². The third-order valence-corrected chi connectivity index (χ3v) is 1.55. The molecule has 0 aliphatic heterocycles. The Hall–Kier alpha value is -0.520. The predicted octanol–water partition coefficient (Wildman–Crippen LogP) is 1.80. The fourth-order valence-corrected chi connectivity index (χ4v) is 0.911. The van der Waals surface area contributed by atoms with Gasteiger partial charge in [0.25, 0.3) is 0 Å². The molecule has 2 nitrogen and oxygen atoms in total. The van der Waals surface area contributed by atoms with Crippen LogP contribution in [0.5, 0.6) is 0 Å². The van der Waals surface area contributed by atoms with E-state index in [9.17, 15) is 0 Å². The molecule has 1 N–H and O–H groups in total. The summed E-state index contributed by atoms with van der Waals surface area (Å²) in [7, 11) is 0. The summed E-state index contributed by atoms with van der Waals surface area (Å²) in [5.74, 6) is 2.62. The third kappa shape index (κ3) is 9.39. The fourth-order valence-electron chi connectivity index (χ4n) is 0.911. The Kier molecular flexibility index (Phi) is 5.77. The Bertz CT molecular complexity index is 164. The minimum Gasteiger partial charge on any atom is -0.375 e. The maximum atomic E-state index is 5.54. The number of hydrogen-bond donors (Lipinski definition) is 1. The summed E-state index contributed by atoms with van der Waals surface area (Å²) < 4.78 is 5.54. The van der Waals surface area contributed by atoms with Crippen LogP contribution in [-0.2, 0) is 4.74 Å². The summed E-state index contributed by atoms with van der Waals surface area (Å²) in [5.41, 5.74) is -0.0446. The second kappa shape index (κ2) is 6.01. The molecular weight excluding hydrogens is 162 g/mol. The zero-order valence-corrected chi connectivity index (χ0v) is 9.18. The Morgan fingerprint density at radius 1 is 1.46 bits per heavy atom. The monoisotopic (exact) mass is 183 g/mol. The molecule has 0 aromatic heterocycles. The molecule has 0 spiro atoms. The van der Waals surface area contributed by atoms with Crippen LogP contribution in [-0.4, -0.2) is 24.8 Å². The van der Waals surface area contributed by atoms with Crippen LogP contribution in [0.3, 0.4) is 0 Å². The van der Waals surface area contributed by atoms with E-state index in [-0.39, 0.29) is 5.60 Å². The standard InChI is InChI=1S/C11H21NO/c1-6-7-10(2)12-8-9-13-11(3,4)5/h1,10,12H,7-9H2,2-5H3. The first-order chi connectivity index (χ1) is 5.95. The Morgan fingerprint density at radius 3 is 2.54 bits per heavy atom. The number of rotatable bonds is 5. The second-order valence-corrected chi connectivity index (χ2v) is 4.22. The lowest BCUT2D eigenvalue weighted by Gasteiger charge is -2.20. The molecule has 0 radical (unpaired) electrons. The molecule has 0 amide bonds. The number of nitrogens with one attached hydrogen (secondary N) is 1. The van der Waals surface area contributed by atoms with Crippen LogP contribution >= 0.6 is 0 Å². The van der Waals surface area contributed by atoms with Gasteiger partial charge in [0.2, 0.25) is 0 Å². The van der Waals surface area contributed by atoms with Crippen molar-refractivity contribution in [2.45, 2.75) is 45.8 Å². The van der Waals surface area contributed by atoms with Gasteiger partial charge in [-0.2, -0.15) is 0 Å². The summed E-state index contributed by atoms with van der Waals surface area (Å²) in [5, 5.41) is 3.29. The maximum absolute atomic E-state index is 5.54. The highest BCUT2D eigenvalue weighted by atomic mass is 16.5. The average molecular weight is 183 g/mol. The van der Waals surface area contributed by atoms with Gasteiger partial charge in [-0.15, -0.1) is 12.3 Å². The normalized spacial score (nSPS) is 13.8. The lowest BCUT2D eigenvalue weighted by Crippen LogP contribution is -2.31. The summed E-state index contributed by atoms with van der Waals surface area (Å²) >= 11 is 0. The minimum absolute atomic E-state index is 0.0446. The quantitative estimate of drug-likeness (QED) is 0.518. The Morgan fingerprint density at radius 2 is 2.08 bits per heavy atom. The van der Waals surface area contributed by atoms with Crippen LogP contribution in [0.1, 0.15) is 34.1 Å². The van der Waals surface area contributed by atoms with E-state index in [1.165, 1.54) is 0 Å². The van der Waals surface area contributed by atoms with E-state index in [4.69, 9.17) is 11.2 Å². The number of hydrogen-bond acceptors (Lipinski definition) is 2. The van der Waals surface area contributed by atoms with Gasteiger partial charge < -0.3 is 10.1 Å². The van der Waals surface area contributed by atoms with Crippen molar-refractivity contribution in [3.8, 4) is 12.3 Å². The smallest absolute Gasteiger partial charge is 0.0599 e. The van der Waals surface area contributed by atoms with Crippen molar-refractivity contribution in [1.29, 1.82) is 0 Å². The molecular formula is C11H21NO. The fraction of sp³-hybridized carbons (Fsp3) is 0.818. The van der Waals surface area contributed by atoms with Crippen molar-refractivity contribution in [3.63, 3.8) is 0 Å². The van der Waals surface area contributed by atoms with Crippen molar-refractivity contribution in [2.24, 2.45) is 0 Å². The van der Waals surface area contributed by atoms with Gasteiger partial charge >= 0.3 is 0 Å². The summed E-state index contributed by atoms with van der Waals surface area (Å²) in [6, 6.07) is 0.383. The second-order valence-electron chi connectivity index (χ2n) is 4.22. The van der Waals surface area contributed by atoms with Crippen molar-refractivity contribution in [3.05, 3.63) is 0 Å². The van der Waals surface area contributed by atoms with Gasteiger partial charge in [-0.25, -0.2) is 0 Å². The van der Waals surface area contributed by atoms with Gasteiger partial charge in [-0.1, -0.05) is 0 Å². The molecule has 1 atom stereocenters. The molecule has 0 aliphatic rings. The van der Waals surface area contributed by atoms with Crippen molar-refractivity contribution >= 4 is 0 Å². The van der Waals surface area contributed by atoms with Crippen molar-refractivity contribution in [2.75, 3.05) is 13.2 Å². The third-order valence-electron chi connectivity index (χ3n) is 1.55. The molecule has 0 saturated heterocycles. The Balaban J connectivity index is 3.32. The number of terminal acetylenes is 1. The van der Waals surface area contributed by atoms with Gasteiger partial charge in [0, 0.05) is 19.0 Å². The first-order valence-corrected chi connectivity index (χ1v) is 4.76. The lowest BCUT2D eigenvalue weighted by molar-refractivity contribution is -0.00143. The molecule has 0 bridgehead atoms. The zero-order chi connectivity index (χ0) is 10.3. The minimum atomic E-state index is -0.0446. The van der Waals surface area contributed by atoms with Crippen LogP contribution in [0.4, 0.5) is 0 Å². The van der Waals surface area contributed by atoms with Crippen LogP contribution in [0.15, 0.2) is 0 Å². The summed E-state index contributed by atoms with van der Waals surface area (Å²) in [6.07, 6.45) is 5.96. The number of ether oxygens (including phenoxy) is 1. The molecule has 0 saturated carbocycles. The highest BCUT2D eigenvalue weighted by molar-refractivity contribution is 4.87. The molecule has 0 aliphatic carbocycles. The predicted molar refractivity (Wildman–Crippen MR) is 56.6 cm³/mol. The average Bonchev–Trinajstić information content (AvgIpc) is 1.97. The van der Waals surface area contributed by atoms with E-state index in [1.807, 2.05) is 0 Å². The van der Waals surface area contributed by atoms with Gasteiger partial charge in [0.05, 0.1) is 12.2 Å². The molecule has 13 heavy (non-hydrogen) atoms. The summed E-state index contributed by atoms with van der Waals surface area (Å²) in [4.78, 5) is 0. The van der Waals surface area contributed by atoms with E-state index >= 15 is 0 Å². The lowest BCUT2D eigenvalue weighted by atomic mass is 10.2. The topological polar surface area (TPSA) is 21.3 Å². The summed E-state index contributed by atoms with van der Waals surface area (Å²) in [6.45, 7) is 9.84. The largest absolute Gasteiger partial charge is 0.375 e. The van der Waals surface area contributed by atoms with Gasteiger partial charge in [-0.3, -0.25) is 0 Å². The molecule has 0 fully saturated rings. The zero-order valence-electron chi connectivity index (χ0n) is 9.18. The van der Waals surface area contributed by atoms with E-state index in [0.29, 0.717) is 6.04 Å². The molecule has 0 aromatic carbocycles. The van der Waals surface area contributed by atoms with Crippen LogP contribution in [0.2, 0.25) is 0 Å². The molecule has 0 aromatic rings. The van der Waals surface area contributed by atoms with Gasteiger partial charge in [0.15, 0.2) is 0 Å². The van der Waals surface area contributed by atoms with Crippen LogP contribution < -0.4 is 5.32 Å². The molecule has 1 unspecified atom stereocenters. The molecule has 76 valence electrons. The highest BCUT2D eigenvalue weighted by Gasteiger charge is 2.09. The van der Waals surface area contributed by atoms with E-state index in [0.717, 1.165) is 19.6 Å². The van der Waals surface area contributed by atoms with Crippen LogP contribution in [0, 0.1) is 12.3 Å². The highest BCUT2D eigenvalue weighted by Crippen LogP contribution is 2.05. The van der Waals surface area contributed by atoms with E-state index in [2.05, 4.69) is 38.9 Å². The SMILES string of the molecule is C#CCC(C)NCCOC(C)(C)C.